The fourth-order valence-corrected chi connectivity index (χ4v) is 16.2. The Kier molecular flexibility index (Phi) is 14.5. The predicted molar refractivity (Wildman–Crippen MR) is 444 cm³/mol. The second kappa shape index (κ2) is 25.3. The van der Waals surface area contributed by atoms with Crippen LogP contribution in [0.15, 0.2) is 389 Å². The van der Waals surface area contributed by atoms with Gasteiger partial charge in [0.1, 0.15) is 22.3 Å². The Morgan fingerprint density at radius 2 is 0.393 bits per heavy atom. The van der Waals surface area contributed by atoms with Crippen LogP contribution < -0.4 is 0 Å². The van der Waals surface area contributed by atoms with Crippen LogP contribution >= 0.6 is 0 Å². The molecule has 0 aliphatic carbocycles. The molecule has 3 heterocycles. The zero-order valence-corrected chi connectivity index (χ0v) is 57.9. The Morgan fingerprint density at radius 1 is 0.150 bits per heavy atom. The SMILES string of the molecule is c1ccc2c(-c3ccc(-c4ccc5oc6c(-c7ccc(-c8nnc(-c9ccc(-c%10cc(-c%11ccc(-c%12cccc%13ccccc%12%13)cc%11)cc%11c%10oc%10ccc(-c%12ccc(-c%13cccc%14ccccc%13%14)cc%12)cc%10%11)cc9)o8)cc7)cc(-c7ccc(-c8cccc9ccccc89)cc7)cc6c5c4)cc3)cccc2c1. The first-order valence-corrected chi connectivity index (χ1v) is 36.4. The molecular weight excluding hydrogens is 1300 g/mol. The zero-order chi connectivity index (χ0) is 70.5. The summed E-state index contributed by atoms with van der Waals surface area (Å²) in [5, 5.41) is 23.3. The minimum Gasteiger partial charge on any atom is -0.455 e. The van der Waals surface area contributed by atoms with E-state index in [1.54, 1.807) is 0 Å². The molecule has 21 aromatic rings. The van der Waals surface area contributed by atoms with Crippen LogP contribution in [0.4, 0.5) is 0 Å². The van der Waals surface area contributed by atoms with Crippen LogP contribution in [0.5, 0.6) is 0 Å². The van der Waals surface area contributed by atoms with Crippen LogP contribution in [0.3, 0.4) is 0 Å². The summed E-state index contributed by atoms with van der Waals surface area (Å²) in [6.45, 7) is 0. The van der Waals surface area contributed by atoms with E-state index in [0.717, 1.165) is 122 Å². The number of nitrogens with zero attached hydrogens (tertiary/aromatic N) is 2. The van der Waals surface area contributed by atoms with Gasteiger partial charge in [0.25, 0.3) is 0 Å². The molecule has 0 aliphatic rings. The maximum absolute atomic E-state index is 6.94. The van der Waals surface area contributed by atoms with Gasteiger partial charge >= 0.3 is 0 Å². The summed E-state index contributed by atoms with van der Waals surface area (Å²) in [6.07, 6.45) is 0. The summed E-state index contributed by atoms with van der Waals surface area (Å²) < 4.78 is 20.5. The quantitative estimate of drug-likeness (QED) is 0.122. The van der Waals surface area contributed by atoms with E-state index in [1.807, 2.05) is 0 Å². The maximum Gasteiger partial charge on any atom is 0.248 e. The summed E-state index contributed by atoms with van der Waals surface area (Å²) in [7, 11) is 0. The lowest BCUT2D eigenvalue weighted by atomic mass is 9.93. The van der Waals surface area contributed by atoms with Gasteiger partial charge in [0.2, 0.25) is 11.8 Å². The molecule has 0 amide bonds. The number of hydrogen-bond donors (Lipinski definition) is 0. The van der Waals surface area contributed by atoms with E-state index in [9.17, 15) is 0 Å². The summed E-state index contributed by atoms with van der Waals surface area (Å²) in [6, 6.07) is 135. The normalized spacial score (nSPS) is 11.7. The van der Waals surface area contributed by atoms with Gasteiger partial charge in [-0.25, -0.2) is 0 Å². The topological polar surface area (TPSA) is 65.2 Å². The van der Waals surface area contributed by atoms with Crippen molar-refractivity contribution in [2.24, 2.45) is 0 Å². The molecule has 0 fully saturated rings. The number of fused-ring (bicyclic) bond motifs is 10. The van der Waals surface area contributed by atoms with E-state index in [1.165, 1.54) is 87.6 Å². The lowest BCUT2D eigenvalue weighted by Gasteiger charge is -2.11. The molecule has 107 heavy (non-hydrogen) atoms. The second-order valence-electron chi connectivity index (χ2n) is 27.9. The first kappa shape index (κ1) is 61.4. The lowest BCUT2D eigenvalue weighted by Crippen LogP contribution is -1.86. The fourth-order valence-electron chi connectivity index (χ4n) is 16.2. The van der Waals surface area contributed by atoms with Gasteiger partial charge in [0.05, 0.1) is 0 Å². The number of furan rings is 2. The van der Waals surface area contributed by atoms with Gasteiger partial charge in [-0.15, -0.1) is 10.2 Å². The highest BCUT2D eigenvalue weighted by atomic mass is 16.4. The van der Waals surface area contributed by atoms with Gasteiger partial charge in [-0.3, -0.25) is 0 Å². The van der Waals surface area contributed by atoms with Crippen molar-refractivity contribution in [1.29, 1.82) is 0 Å². The molecule has 0 bridgehead atoms. The van der Waals surface area contributed by atoms with E-state index in [4.69, 9.17) is 13.3 Å². The van der Waals surface area contributed by atoms with Crippen molar-refractivity contribution >= 4 is 87.0 Å². The first-order chi connectivity index (χ1) is 53.0. The smallest absolute Gasteiger partial charge is 0.248 e. The highest BCUT2D eigenvalue weighted by Gasteiger charge is 2.22. The molecule has 5 heteroatoms. The summed E-state index contributed by atoms with van der Waals surface area (Å²) in [5.41, 5.74) is 27.3. The Balaban J connectivity index is 0.609. The highest BCUT2D eigenvalue weighted by Crippen LogP contribution is 2.46. The molecule has 18 aromatic carbocycles. The monoisotopic (exact) mass is 1360 g/mol. The molecule has 0 N–H and O–H groups in total. The largest absolute Gasteiger partial charge is 0.455 e. The molecule has 0 spiro atoms. The molecule has 498 valence electrons. The van der Waals surface area contributed by atoms with Gasteiger partial charge in [-0.1, -0.05) is 303 Å². The van der Waals surface area contributed by atoms with Gasteiger partial charge in [-0.2, -0.15) is 0 Å². The summed E-state index contributed by atoms with van der Waals surface area (Å²) in [5.74, 6) is 0.844. The predicted octanol–water partition coefficient (Wildman–Crippen LogP) is 28.5. The van der Waals surface area contributed by atoms with E-state index < -0.39 is 0 Å². The molecule has 0 atom stereocenters. The Bertz CT molecular complexity index is 6620. The van der Waals surface area contributed by atoms with Crippen molar-refractivity contribution in [2.45, 2.75) is 0 Å². The molecular formula is C102H62N2O3. The van der Waals surface area contributed by atoms with Crippen molar-refractivity contribution in [1.82, 2.24) is 10.2 Å². The Hall–Kier alpha value is -14.3. The number of rotatable bonds is 12. The highest BCUT2D eigenvalue weighted by molar-refractivity contribution is 6.14. The van der Waals surface area contributed by atoms with E-state index in [-0.39, 0.29) is 0 Å². The molecule has 0 saturated carbocycles. The molecule has 0 saturated heterocycles. The lowest BCUT2D eigenvalue weighted by molar-refractivity contribution is 0.584. The molecule has 3 aromatic heterocycles. The summed E-state index contributed by atoms with van der Waals surface area (Å²) in [4.78, 5) is 0. The van der Waals surface area contributed by atoms with Gasteiger partial charge in [-0.05, 0) is 216 Å². The van der Waals surface area contributed by atoms with Gasteiger partial charge < -0.3 is 13.3 Å². The zero-order valence-electron chi connectivity index (χ0n) is 57.9. The van der Waals surface area contributed by atoms with Crippen molar-refractivity contribution in [2.75, 3.05) is 0 Å². The molecule has 5 nitrogen and oxygen atoms in total. The fraction of sp³-hybridized carbons (Fsp3) is 0. The number of aromatic nitrogens is 2. The maximum atomic E-state index is 6.94. The molecule has 21 rings (SSSR count). The summed E-state index contributed by atoms with van der Waals surface area (Å²) >= 11 is 0. The van der Waals surface area contributed by atoms with Crippen molar-refractivity contribution < 1.29 is 13.3 Å². The third-order valence-corrected chi connectivity index (χ3v) is 21.7. The van der Waals surface area contributed by atoms with Crippen LogP contribution in [-0.2, 0) is 0 Å². The van der Waals surface area contributed by atoms with Gasteiger partial charge in [0, 0.05) is 43.8 Å². The van der Waals surface area contributed by atoms with Crippen LogP contribution in [0.25, 0.3) is 221 Å². The number of benzene rings is 18. The molecule has 0 aliphatic heterocycles. The third-order valence-electron chi connectivity index (χ3n) is 21.7. The average Bonchev–Trinajstić information content (AvgIpc) is 1.61. The first-order valence-electron chi connectivity index (χ1n) is 36.4. The standard InChI is InChI=1S/C102H62N2O3/c1-5-21-83-67(13-1)17-9-25-87(83)71-37-29-63(30-38-71)79-53-55-97-93(57-79)95-61-81(65-33-41-73(42-34-65)89-27-11-19-69-15-3-7-23-85(69)89)59-91(99(95)105-97)75-45-49-77(50-46-75)101-103-104-102(107-101)78-51-47-76(48-52-78)92-60-82(66-35-43-74(44-36-66)90-28-12-20-70-16-4-8-24-86(70)90)62-96-94-58-80(54-56-98(94)106-100(92)96)64-31-39-72(40-32-64)88-26-10-18-68-14-2-6-22-84(68)88/h1-62H. The second-order valence-corrected chi connectivity index (χ2v) is 27.9. The van der Waals surface area contributed by atoms with Crippen LogP contribution in [0.1, 0.15) is 0 Å². The minimum absolute atomic E-state index is 0.422. The minimum atomic E-state index is 0.422. The number of hydrogen-bond acceptors (Lipinski definition) is 5. The molecule has 0 unspecified atom stereocenters. The van der Waals surface area contributed by atoms with E-state index >= 15 is 0 Å². The Labute approximate surface area is 616 Å². The Morgan fingerprint density at radius 3 is 0.710 bits per heavy atom. The molecule has 0 radical (unpaired) electrons. The van der Waals surface area contributed by atoms with Crippen LogP contribution in [0.2, 0.25) is 0 Å². The van der Waals surface area contributed by atoms with Crippen molar-refractivity contribution in [3.63, 3.8) is 0 Å². The van der Waals surface area contributed by atoms with E-state index in [2.05, 4.69) is 386 Å². The van der Waals surface area contributed by atoms with Crippen molar-refractivity contribution in [3.05, 3.63) is 376 Å². The van der Waals surface area contributed by atoms with E-state index in [0.29, 0.717) is 11.8 Å². The average molecular weight is 1360 g/mol. The van der Waals surface area contributed by atoms with Crippen molar-refractivity contribution in [3.8, 4) is 134 Å². The van der Waals surface area contributed by atoms with Crippen LogP contribution in [0, 0.1) is 0 Å². The third kappa shape index (κ3) is 10.9. The van der Waals surface area contributed by atoms with Crippen LogP contribution in [-0.4, -0.2) is 10.2 Å². The van der Waals surface area contributed by atoms with Gasteiger partial charge in [0.15, 0.2) is 0 Å².